The summed E-state index contributed by atoms with van der Waals surface area (Å²) < 4.78 is 1.66. The molecular weight excluding hydrogens is 210 g/mol. The van der Waals surface area contributed by atoms with Crippen LogP contribution in [-0.2, 0) is 6.54 Å². The summed E-state index contributed by atoms with van der Waals surface area (Å²) in [6.07, 6.45) is 3.73. The molecule has 6 heteroatoms. The van der Waals surface area contributed by atoms with Gasteiger partial charge < -0.3 is 9.88 Å². The predicted molar refractivity (Wildman–Crippen MR) is 60.5 cm³/mol. The van der Waals surface area contributed by atoms with Crippen LogP contribution < -0.4 is 10.7 Å². The highest BCUT2D eigenvalue weighted by Gasteiger charge is 2.10. The number of nitrogens with zero attached hydrogens (tertiary/aromatic N) is 2. The van der Waals surface area contributed by atoms with Crippen molar-refractivity contribution in [3.63, 3.8) is 0 Å². The van der Waals surface area contributed by atoms with Crippen LogP contribution in [0.15, 0.2) is 23.3 Å². The van der Waals surface area contributed by atoms with Crippen LogP contribution in [0.2, 0.25) is 0 Å². The van der Waals surface area contributed by atoms with Crippen molar-refractivity contribution in [1.29, 1.82) is 0 Å². The number of hydrogen-bond donors (Lipinski definition) is 1. The Labute approximate surface area is 93.1 Å². The van der Waals surface area contributed by atoms with Gasteiger partial charge in [0.25, 0.3) is 5.43 Å². The van der Waals surface area contributed by atoms with E-state index >= 15 is 0 Å². The molecule has 0 saturated heterocycles. The van der Waals surface area contributed by atoms with Crippen molar-refractivity contribution in [2.24, 2.45) is 0 Å². The van der Waals surface area contributed by atoms with Crippen molar-refractivity contribution in [1.82, 2.24) is 9.88 Å². The van der Waals surface area contributed by atoms with Crippen molar-refractivity contribution < 1.29 is 4.92 Å². The Kier molecular flexibility index (Phi) is 4.65. The van der Waals surface area contributed by atoms with Gasteiger partial charge >= 0.3 is 5.69 Å². The number of pyridine rings is 1. The monoisotopic (exact) mass is 225 g/mol. The molecule has 1 aromatic heterocycles. The summed E-state index contributed by atoms with van der Waals surface area (Å²) in [5.74, 6) is 0. The van der Waals surface area contributed by atoms with Crippen LogP contribution in [-0.4, -0.2) is 22.6 Å². The minimum atomic E-state index is -0.650. The standard InChI is InChI=1S/C10H15N3O3/c1-2-11-5-3-6-12-7-4-10(14)9(8-12)13(15)16/h4,7-8,11H,2-3,5-6H2,1H3. The van der Waals surface area contributed by atoms with Gasteiger partial charge in [0.1, 0.15) is 0 Å². The largest absolute Gasteiger partial charge is 0.348 e. The maximum atomic E-state index is 11.1. The van der Waals surface area contributed by atoms with E-state index in [1.807, 2.05) is 6.92 Å². The van der Waals surface area contributed by atoms with E-state index in [0.717, 1.165) is 19.5 Å². The summed E-state index contributed by atoms with van der Waals surface area (Å²) in [5, 5.41) is 13.7. The molecule has 88 valence electrons. The highest BCUT2D eigenvalue weighted by atomic mass is 16.6. The van der Waals surface area contributed by atoms with Gasteiger partial charge in [-0.15, -0.1) is 0 Å². The van der Waals surface area contributed by atoms with E-state index in [0.29, 0.717) is 6.54 Å². The first kappa shape index (κ1) is 12.4. The van der Waals surface area contributed by atoms with Crippen LogP contribution in [0, 0.1) is 10.1 Å². The highest BCUT2D eigenvalue weighted by Crippen LogP contribution is 2.02. The molecule has 0 aliphatic heterocycles. The molecule has 1 N–H and O–H groups in total. The molecule has 0 unspecified atom stereocenters. The Hall–Kier alpha value is -1.69. The van der Waals surface area contributed by atoms with Gasteiger partial charge in [-0.05, 0) is 19.5 Å². The van der Waals surface area contributed by atoms with Crippen molar-refractivity contribution in [2.75, 3.05) is 13.1 Å². The van der Waals surface area contributed by atoms with Gasteiger partial charge in [0.2, 0.25) is 0 Å². The van der Waals surface area contributed by atoms with Crippen LogP contribution in [0.4, 0.5) is 5.69 Å². The number of aryl methyl sites for hydroxylation is 1. The predicted octanol–water partition coefficient (Wildman–Crippen LogP) is 0.756. The lowest BCUT2D eigenvalue weighted by Crippen LogP contribution is -2.17. The second-order valence-corrected chi connectivity index (χ2v) is 3.40. The number of nitrogens with one attached hydrogen (secondary N) is 1. The zero-order chi connectivity index (χ0) is 12.0. The van der Waals surface area contributed by atoms with Crippen LogP contribution in [0.5, 0.6) is 0 Å². The first-order valence-electron chi connectivity index (χ1n) is 5.20. The maximum absolute atomic E-state index is 11.1. The van der Waals surface area contributed by atoms with Gasteiger partial charge in [0.05, 0.1) is 11.1 Å². The van der Waals surface area contributed by atoms with E-state index in [2.05, 4.69) is 5.32 Å². The quantitative estimate of drug-likeness (QED) is 0.440. The van der Waals surface area contributed by atoms with E-state index in [-0.39, 0.29) is 5.69 Å². The smallest absolute Gasteiger partial charge is 0.332 e. The lowest BCUT2D eigenvalue weighted by Gasteiger charge is -2.05. The Balaban J connectivity index is 2.64. The zero-order valence-electron chi connectivity index (χ0n) is 9.18. The van der Waals surface area contributed by atoms with E-state index in [9.17, 15) is 14.9 Å². The fourth-order valence-electron chi connectivity index (χ4n) is 1.35. The van der Waals surface area contributed by atoms with E-state index < -0.39 is 10.4 Å². The average Bonchev–Trinajstić information content (AvgIpc) is 2.26. The number of hydrogen-bond acceptors (Lipinski definition) is 4. The normalized spacial score (nSPS) is 10.3. The van der Waals surface area contributed by atoms with Crippen LogP contribution >= 0.6 is 0 Å². The van der Waals surface area contributed by atoms with Gasteiger partial charge in [-0.3, -0.25) is 14.9 Å². The van der Waals surface area contributed by atoms with E-state index in [1.165, 1.54) is 12.3 Å². The third-order valence-electron chi connectivity index (χ3n) is 2.17. The van der Waals surface area contributed by atoms with Crippen LogP contribution in [0.3, 0.4) is 0 Å². The molecule has 0 saturated carbocycles. The minimum Gasteiger partial charge on any atom is -0.348 e. The fraction of sp³-hybridized carbons (Fsp3) is 0.500. The van der Waals surface area contributed by atoms with E-state index in [4.69, 9.17) is 0 Å². The molecule has 1 rings (SSSR count). The van der Waals surface area contributed by atoms with Gasteiger partial charge in [-0.2, -0.15) is 0 Å². The Bertz CT molecular complexity index is 414. The Morgan fingerprint density at radius 1 is 1.56 bits per heavy atom. The molecule has 0 radical (unpaired) electrons. The molecule has 0 fully saturated rings. The molecule has 0 aliphatic rings. The summed E-state index contributed by atoms with van der Waals surface area (Å²) in [7, 11) is 0. The topological polar surface area (TPSA) is 77.2 Å². The molecule has 16 heavy (non-hydrogen) atoms. The van der Waals surface area contributed by atoms with Crippen molar-refractivity contribution in [3.8, 4) is 0 Å². The molecule has 1 heterocycles. The van der Waals surface area contributed by atoms with Gasteiger partial charge in [0, 0.05) is 18.8 Å². The minimum absolute atomic E-state index is 0.369. The van der Waals surface area contributed by atoms with Gasteiger partial charge in [0.15, 0.2) is 0 Å². The van der Waals surface area contributed by atoms with Crippen LogP contribution in [0.25, 0.3) is 0 Å². The third-order valence-corrected chi connectivity index (χ3v) is 2.17. The van der Waals surface area contributed by atoms with Crippen LogP contribution in [0.1, 0.15) is 13.3 Å². The lowest BCUT2D eigenvalue weighted by atomic mass is 10.3. The Morgan fingerprint density at radius 3 is 2.94 bits per heavy atom. The summed E-state index contributed by atoms with van der Waals surface area (Å²) in [6.45, 7) is 4.44. The highest BCUT2D eigenvalue weighted by molar-refractivity contribution is 5.25. The second-order valence-electron chi connectivity index (χ2n) is 3.40. The average molecular weight is 225 g/mol. The van der Waals surface area contributed by atoms with Gasteiger partial charge in [-0.1, -0.05) is 6.92 Å². The Morgan fingerprint density at radius 2 is 2.31 bits per heavy atom. The van der Waals surface area contributed by atoms with Crippen molar-refractivity contribution in [3.05, 3.63) is 38.8 Å². The van der Waals surface area contributed by atoms with Gasteiger partial charge in [-0.25, -0.2) is 0 Å². The van der Waals surface area contributed by atoms with E-state index in [1.54, 1.807) is 10.8 Å². The molecule has 0 amide bonds. The molecule has 0 spiro atoms. The lowest BCUT2D eigenvalue weighted by molar-refractivity contribution is -0.386. The number of aromatic nitrogens is 1. The molecule has 1 aromatic rings. The fourth-order valence-corrected chi connectivity index (χ4v) is 1.35. The molecule has 0 atom stereocenters. The molecular formula is C10H15N3O3. The van der Waals surface area contributed by atoms with Crippen molar-refractivity contribution in [2.45, 2.75) is 19.9 Å². The first-order chi connectivity index (χ1) is 7.65. The number of rotatable bonds is 6. The number of nitro groups is 1. The molecule has 0 aliphatic carbocycles. The first-order valence-corrected chi connectivity index (χ1v) is 5.20. The zero-order valence-corrected chi connectivity index (χ0v) is 9.18. The summed E-state index contributed by atoms with van der Waals surface area (Å²) in [4.78, 5) is 21.0. The summed E-state index contributed by atoms with van der Waals surface area (Å²) in [6, 6.07) is 1.23. The maximum Gasteiger partial charge on any atom is 0.332 e. The molecule has 0 aromatic carbocycles. The SMILES string of the molecule is CCNCCCn1ccc(=O)c([N+](=O)[O-])c1. The molecule has 6 nitrogen and oxygen atoms in total. The summed E-state index contributed by atoms with van der Waals surface area (Å²) in [5.41, 5.74) is -0.918. The second kappa shape index (κ2) is 6.02. The summed E-state index contributed by atoms with van der Waals surface area (Å²) >= 11 is 0. The molecule has 0 bridgehead atoms. The van der Waals surface area contributed by atoms with Crippen molar-refractivity contribution >= 4 is 5.69 Å². The third kappa shape index (κ3) is 3.47.